The highest BCUT2D eigenvalue weighted by atomic mass is 14.9. The molecule has 1 N–H and O–H groups in total. The van der Waals surface area contributed by atoms with Crippen LogP contribution in [0.5, 0.6) is 0 Å². The van der Waals surface area contributed by atoms with Gasteiger partial charge in [0.15, 0.2) is 0 Å². The lowest BCUT2D eigenvalue weighted by Gasteiger charge is -2.25. The molecule has 0 unspecified atom stereocenters. The summed E-state index contributed by atoms with van der Waals surface area (Å²) in [4.78, 5) is 4.08. The molecule has 0 atom stereocenters. The van der Waals surface area contributed by atoms with Crippen molar-refractivity contribution in [3.05, 3.63) is 24.0 Å². The third-order valence-electron chi connectivity index (χ3n) is 3.11. The van der Waals surface area contributed by atoms with Crippen LogP contribution in [-0.4, -0.2) is 11.5 Å². The van der Waals surface area contributed by atoms with Crippen molar-refractivity contribution in [3.8, 4) is 0 Å². The number of aromatic nitrogens is 1. The van der Waals surface area contributed by atoms with Crippen LogP contribution in [0, 0.1) is 12.8 Å². The lowest BCUT2D eigenvalue weighted by atomic mass is 9.83. The zero-order valence-corrected chi connectivity index (χ0v) is 8.79. The first-order chi connectivity index (χ1) is 6.86. The van der Waals surface area contributed by atoms with Crippen LogP contribution < -0.4 is 5.32 Å². The molecule has 1 heterocycles. The molecule has 1 aliphatic rings. The Labute approximate surface area is 85.7 Å². The van der Waals surface area contributed by atoms with Crippen molar-refractivity contribution in [2.75, 3.05) is 11.9 Å². The van der Waals surface area contributed by atoms with E-state index in [9.17, 15) is 0 Å². The minimum absolute atomic E-state index is 0.990. The molecule has 0 spiro atoms. The van der Waals surface area contributed by atoms with E-state index in [1.54, 1.807) is 0 Å². The summed E-state index contributed by atoms with van der Waals surface area (Å²) in [6.45, 7) is 3.20. The molecule has 76 valence electrons. The number of nitrogens with zero attached hydrogens (tertiary/aromatic N) is 1. The average molecular weight is 190 g/mol. The Hall–Kier alpha value is -1.05. The van der Waals surface area contributed by atoms with Crippen LogP contribution in [0.3, 0.4) is 0 Å². The van der Waals surface area contributed by atoms with Gasteiger partial charge >= 0.3 is 0 Å². The molecule has 0 bridgehead atoms. The van der Waals surface area contributed by atoms with Crippen molar-refractivity contribution in [1.29, 1.82) is 0 Å². The summed E-state index contributed by atoms with van der Waals surface area (Å²) < 4.78 is 0. The highest BCUT2D eigenvalue weighted by Gasteiger charge is 2.16. The van der Waals surface area contributed by atoms with E-state index in [0.717, 1.165) is 12.5 Å². The summed E-state index contributed by atoms with van der Waals surface area (Å²) >= 11 is 0. The largest absolute Gasteiger partial charge is 0.385 e. The predicted molar refractivity (Wildman–Crippen MR) is 59.4 cm³/mol. The Morgan fingerprint density at radius 3 is 3.00 bits per heavy atom. The maximum Gasteiger partial charge on any atom is 0.0400 e. The molecule has 0 amide bonds. The number of anilines is 1. The van der Waals surface area contributed by atoms with Gasteiger partial charge in [-0.25, -0.2) is 0 Å². The van der Waals surface area contributed by atoms with E-state index < -0.39 is 0 Å². The second-order valence-electron chi connectivity index (χ2n) is 4.20. The maximum absolute atomic E-state index is 4.08. The maximum atomic E-state index is 4.08. The second kappa shape index (κ2) is 4.45. The molecule has 1 aromatic heterocycles. The fourth-order valence-corrected chi connectivity index (χ4v) is 1.86. The SMILES string of the molecule is Cc1cnccc1NCCC1CCC1. The number of rotatable bonds is 4. The Kier molecular flexibility index (Phi) is 3.02. The van der Waals surface area contributed by atoms with Crippen LogP contribution in [0.1, 0.15) is 31.2 Å². The van der Waals surface area contributed by atoms with Crippen molar-refractivity contribution in [3.63, 3.8) is 0 Å². The third kappa shape index (κ3) is 2.25. The molecule has 1 saturated carbocycles. The van der Waals surface area contributed by atoms with E-state index in [2.05, 4.69) is 23.3 Å². The summed E-state index contributed by atoms with van der Waals surface area (Å²) in [7, 11) is 0. The van der Waals surface area contributed by atoms with Crippen molar-refractivity contribution in [2.45, 2.75) is 32.6 Å². The second-order valence-corrected chi connectivity index (χ2v) is 4.20. The van der Waals surface area contributed by atoms with Gasteiger partial charge in [-0.2, -0.15) is 0 Å². The fourth-order valence-electron chi connectivity index (χ4n) is 1.86. The van der Waals surface area contributed by atoms with Crippen LogP contribution in [0.2, 0.25) is 0 Å². The van der Waals surface area contributed by atoms with Gasteiger partial charge in [0.25, 0.3) is 0 Å². The molecule has 2 rings (SSSR count). The number of hydrogen-bond donors (Lipinski definition) is 1. The lowest BCUT2D eigenvalue weighted by Crippen LogP contribution is -2.15. The molecule has 2 nitrogen and oxygen atoms in total. The van der Waals surface area contributed by atoms with E-state index >= 15 is 0 Å². The minimum atomic E-state index is 0.990. The van der Waals surface area contributed by atoms with Gasteiger partial charge < -0.3 is 5.32 Å². The Bertz CT molecular complexity index is 292. The van der Waals surface area contributed by atoms with Gasteiger partial charge in [-0.15, -0.1) is 0 Å². The van der Waals surface area contributed by atoms with Crippen molar-refractivity contribution in [2.24, 2.45) is 5.92 Å². The van der Waals surface area contributed by atoms with Gasteiger partial charge in [-0.1, -0.05) is 19.3 Å². The van der Waals surface area contributed by atoms with Gasteiger partial charge in [-0.3, -0.25) is 4.98 Å². The summed E-state index contributed by atoms with van der Waals surface area (Å²) in [6, 6.07) is 2.05. The lowest BCUT2D eigenvalue weighted by molar-refractivity contribution is 0.303. The third-order valence-corrected chi connectivity index (χ3v) is 3.11. The van der Waals surface area contributed by atoms with Crippen molar-refractivity contribution < 1.29 is 0 Å². The average Bonchev–Trinajstić information content (AvgIpc) is 2.12. The van der Waals surface area contributed by atoms with Crippen LogP contribution in [0.4, 0.5) is 5.69 Å². The van der Waals surface area contributed by atoms with Gasteiger partial charge in [0.05, 0.1) is 0 Å². The molecule has 0 aromatic carbocycles. The Morgan fingerprint density at radius 1 is 1.50 bits per heavy atom. The highest BCUT2D eigenvalue weighted by Crippen LogP contribution is 2.29. The predicted octanol–water partition coefficient (Wildman–Crippen LogP) is 2.99. The molecule has 14 heavy (non-hydrogen) atoms. The molecular formula is C12H18N2. The summed E-state index contributed by atoms with van der Waals surface area (Å²) in [6.07, 6.45) is 9.40. The van der Waals surface area contributed by atoms with E-state index in [0.29, 0.717) is 0 Å². The fraction of sp³-hybridized carbons (Fsp3) is 0.583. The van der Waals surface area contributed by atoms with Crippen LogP contribution in [0.25, 0.3) is 0 Å². The van der Waals surface area contributed by atoms with Gasteiger partial charge in [0.1, 0.15) is 0 Å². The van der Waals surface area contributed by atoms with E-state index in [1.165, 1.54) is 36.9 Å². The molecule has 1 aliphatic carbocycles. The first-order valence-electron chi connectivity index (χ1n) is 5.51. The zero-order chi connectivity index (χ0) is 9.80. The van der Waals surface area contributed by atoms with Crippen LogP contribution in [0.15, 0.2) is 18.5 Å². The highest BCUT2D eigenvalue weighted by molar-refractivity contribution is 5.48. The smallest absolute Gasteiger partial charge is 0.0400 e. The molecule has 0 radical (unpaired) electrons. The number of nitrogens with one attached hydrogen (secondary N) is 1. The Morgan fingerprint density at radius 2 is 2.36 bits per heavy atom. The first kappa shape index (κ1) is 9.50. The quantitative estimate of drug-likeness (QED) is 0.789. The van der Waals surface area contributed by atoms with Gasteiger partial charge in [0.2, 0.25) is 0 Å². The normalized spacial score (nSPS) is 16.4. The van der Waals surface area contributed by atoms with E-state index in [-0.39, 0.29) is 0 Å². The van der Waals surface area contributed by atoms with E-state index in [4.69, 9.17) is 0 Å². The van der Waals surface area contributed by atoms with Gasteiger partial charge in [-0.05, 0) is 30.9 Å². The molecule has 1 aromatic rings. The number of hydrogen-bond acceptors (Lipinski definition) is 2. The van der Waals surface area contributed by atoms with Crippen LogP contribution in [-0.2, 0) is 0 Å². The van der Waals surface area contributed by atoms with E-state index in [1.807, 2.05) is 12.4 Å². The molecule has 0 saturated heterocycles. The Balaban J connectivity index is 1.76. The summed E-state index contributed by atoms with van der Waals surface area (Å²) in [5.41, 5.74) is 2.47. The number of pyridine rings is 1. The van der Waals surface area contributed by atoms with Crippen molar-refractivity contribution >= 4 is 5.69 Å². The van der Waals surface area contributed by atoms with Gasteiger partial charge in [0, 0.05) is 24.6 Å². The first-order valence-corrected chi connectivity index (χ1v) is 5.51. The minimum Gasteiger partial charge on any atom is -0.385 e. The molecule has 2 heteroatoms. The van der Waals surface area contributed by atoms with Crippen molar-refractivity contribution in [1.82, 2.24) is 4.98 Å². The monoisotopic (exact) mass is 190 g/mol. The summed E-state index contributed by atoms with van der Waals surface area (Å²) in [5.74, 6) is 0.990. The molecule has 0 aliphatic heterocycles. The topological polar surface area (TPSA) is 24.9 Å². The number of aryl methyl sites for hydroxylation is 1. The van der Waals surface area contributed by atoms with Crippen LogP contribution >= 0.6 is 0 Å². The molecular weight excluding hydrogens is 172 g/mol. The summed E-state index contributed by atoms with van der Waals surface area (Å²) in [5, 5.41) is 3.47. The molecule has 1 fully saturated rings. The zero-order valence-electron chi connectivity index (χ0n) is 8.79. The standard InChI is InChI=1S/C12H18N2/c1-10-9-13-7-6-12(10)14-8-5-11-3-2-4-11/h6-7,9,11H,2-5,8H2,1H3,(H,13,14).